The molecule has 2 aliphatic heterocycles. The van der Waals surface area contributed by atoms with Gasteiger partial charge >= 0.3 is 0 Å². The fraction of sp³-hybridized carbons (Fsp3) is 0.407. The van der Waals surface area contributed by atoms with Crippen LogP contribution in [0.2, 0.25) is 0 Å². The molecule has 0 N–H and O–H groups in total. The molecule has 3 aromatic rings. The lowest BCUT2D eigenvalue weighted by Crippen LogP contribution is -2.49. The van der Waals surface area contributed by atoms with Crippen molar-refractivity contribution >= 4 is 21.4 Å². The summed E-state index contributed by atoms with van der Waals surface area (Å²) >= 11 is 0. The molecule has 2 saturated heterocycles. The molecular weight excluding hydrogens is 460 g/mol. The zero-order chi connectivity index (χ0) is 24.7. The number of benzene rings is 2. The van der Waals surface area contributed by atoms with Gasteiger partial charge in [-0.25, -0.2) is 8.42 Å². The zero-order valence-corrected chi connectivity index (χ0v) is 21.4. The summed E-state index contributed by atoms with van der Waals surface area (Å²) in [7, 11) is -3.08. The molecular formula is C27H32N4O3S. The maximum atomic E-state index is 13.5. The Kier molecular flexibility index (Phi) is 6.17. The summed E-state index contributed by atoms with van der Waals surface area (Å²) in [5, 5.41) is 4.68. The van der Waals surface area contributed by atoms with Gasteiger partial charge in [-0.05, 0) is 56.0 Å². The first-order chi connectivity index (χ1) is 16.7. The van der Waals surface area contributed by atoms with Gasteiger partial charge < -0.3 is 9.80 Å². The second-order valence-electron chi connectivity index (χ2n) is 9.78. The van der Waals surface area contributed by atoms with Crippen LogP contribution in [0.25, 0.3) is 11.3 Å². The number of anilines is 1. The van der Waals surface area contributed by atoms with Crippen molar-refractivity contribution in [1.82, 2.24) is 14.7 Å². The summed E-state index contributed by atoms with van der Waals surface area (Å²) in [4.78, 5) is 17.7. The van der Waals surface area contributed by atoms with Crippen LogP contribution in [-0.2, 0) is 9.84 Å². The van der Waals surface area contributed by atoms with Crippen LogP contribution in [0.4, 0.5) is 5.69 Å². The molecule has 0 aliphatic carbocycles. The number of aromatic nitrogens is 2. The van der Waals surface area contributed by atoms with Gasteiger partial charge in [0, 0.05) is 31.9 Å². The third kappa shape index (κ3) is 4.72. The van der Waals surface area contributed by atoms with E-state index in [1.807, 2.05) is 42.2 Å². The van der Waals surface area contributed by atoms with Crippen molar-refractivity contribution < 1.29 is 13.2 Å². The van der Waals surface area contributed by atoms with Crippen LogP contribution >= 0.6 is 0 Å². The Morgan fingerprint density at radius 2 is 1.69 bits per heavy atom. The Hall–Kier alpha value is -3.13. The molecule has 5 rings (SSSR count). The number of nitrogens with zero attached hydrogens (tertiary/aromatic N) is 4. The molecule has 7 nitrogen and oxygen atoms in total. The van der Waals surface area contributed by atoms with Gasteiger partial charge in [0.25, 0.3) is 5.91 Å². The molecule has 0 radical (unpaired) electrons. The molecule has 3 heterocycles. The fourth-order valence-electron chi connectivity index (χ4n) is 5.08. The number of sulfone groups is 1. The second-order valence-corrected chi connectivity index (χ2v) is 12.0. The van der Waals surface area contributed by atoms with E-state index in [1.54, 1.807) is 4.68 Å². The molecule has 0 unspecified atom stereocenters. The number of hydrogen-bond donors (Lipinski definition) is 0. The minimum Gasteiger partial charge on any atom is -0.368 e. The van der Waals surface area contributed by atoms with Gasteiger partial charge in [-0.3, -0.25) is 9.48 Å². The highest BCUT2D eigenvalue weighted by Crippen LogP contribution is 2.31. The first-order valence-corrected chi connectivity index (χ1v) is 14.0. The van der Waals surface area contributed by atoms with Gasteiger partial charge in [0.15, 0.2) is 15.5 Å². The van der Waals surface area contributed by atoms with E-state index >= 15 is 0 Å². The number of hydrogen-bond acceptors (Lipinski definition) is 5. The maximum absolute atomic E-state index is 13.5. The van der Waals surface area contributed by atoms with Gasteiger partial charge in [-0.2, -0.15) is 5.10 Å². The van der Waals surface area contributed by atoms with E-state index < -0.39 is 9.84 Å². The van der Waals surface area contributed by atoms with Gasteiger partial charge in [-0.1, -0.05) is 42.0 Å². The van der Waals surface area contributed by atoms with Gasteiger partial charge in [0.1, 0.15) is 0 Å². The number of amides is 1. The molecule has 1 aromatic heterocycles. The van der Waals surface area contributed by atoms with Gasteiger partial charge in [0.2, 0.25) is 0 Å². The number of rotatable bonds is 4. The lowest BCUT2D eigenvalue weighted by atomic mass is 10.1. The summed E-state index contributed by atoms with van der Waals surface area (Å²) < 4.78 is 26.1. The summed E-state index contributed by atoms with van der Waals surface area (Å²) in [6.45, 7) is 9.07. The number of carbonyl (C=O) groups is 1. The fourth-order valence-corrected chi connectivity index (χ4v) is 6.77. The summed E-state index contributed by atoms with van der Waals surface area (Å²) in [5.41, 5.74) is 7.02. The Morgan fingerprint density at radius 1 is 0.971 bits per heavy atom. The van der Waals surface area contributed by atoms with E-state index in [9.17, 15) is 13.2 Å². The van der Waals surface area contributed by atoms with E-state index in [4.69, 9.17) is 0 Å². The summed E-state index contributed by atoms with van der Waals surface area (Å²) in [5.74, 6) is 0.128. The average molecular weight is 493 g/mol. The van der Waals surface area contributed by atoms with Crippen molar-refractivity contribution in [3.8, 4) is 11.3 Å². The zero-order valence-electron chi connectivity index (χ0n) is 20.6. The first-order valence-electron chi connectivity index (χ1n) is 12.2. The quantitative estimate of drug-likeness (QED) is 0.554. The Morgan fingerprint density at radius 3 is 2.34 bits per heavy atom. The van der Waals surface area contributed by atoms with E-state index in [0.717, 1.165) is 29.9 Å². The van der Waals surface area contributed by atoms with Crippen molar-refractivity contribution in [3.63, 3.8) is 0 Å². The monoisotopic (exact) mass is 492 g/mol. The first kappa shape index (κ1) is 23.6. The Balaban J connectivity index is 1.39. The minimum atomic E-state index is -3.08. The Bertz CT molecular complexity index is 1350. The van der Waals surface area contributed by atoms with Crippen LogP contribution in [0, 0.1) is 20.8 Å². The maximum Gasteiger partial charge on any atom is 0.274 e. The highest BCUT2D eigenvalue weighted by atomic mass is 32.2. The van der Waals surface area contributed by atoms with Crippen LogP contribution in [0.1, 0.15) is 39.6 Å². The lowest BCUT2D eigenvalue weighted by molar-refractivity contribution is 0.0739. The van der Waals surface area contributed by atoms with Crippen LogP contribution in [-0.4, -0.2) is 66.7 Å². The predicted molar refractivity (Wildman–Crippen MR) is 139 cm³/mol. The van der Waals surface area contributed by atoms with Gasteiger partial charge in [-0.15, -0.1) is 0 Å². The largest absolute Gasteiger partial charge is 0.368 e. The molecule has 1 atom stereocenters. The highest BCUT2D eigenvalue weighted by molar-refractivity contribution is 7.91. The second kappa shape index (κ2) is 9.15. The molecule has 35 heavy (non-hydrogen) atoms. The van der Waals surface area contributed by atoms with E-state index in [-0.39, 0.29) is 23.5 Å². The van der Waals surface area contributed by atoms with Crippen LogP contribution in [0.15, 0.2) is 48.5 Å². The summed E-state index contributed by atoms with van der Waals surface area (Å²) in [6, 6.07) is 16.0. The van der Waals surface area contributed by atoms with E-state index in [2.05, 4.69) is 42.0 Å². The average Bonchev–Trinajstić information content (AvgIpc) is 3.44. The molecule has 1 amide bonds. The van der Waals surface area contributed by atoms with Crippen molar-refractivity contribution in [1.29, 1.82) is 0 Å². The third-order valence-corrected chi connectivity index (χ3v) is 9.09. The number of carbonyl (C=O) groups excluding carboxylic acids is 1. The number of piperazine rings is 1. The van der Waals surface area contributed by atoms with Crippen molar-refractivity contribution in [2.45, 2.75) is 33.2 Å². The molecule has 2 aromatic carbocycles. The van der Waals surface area contributed by atoms with E-state index in [1.165, 1.54) is 16.8 Å². The van der Waals surface area contributed by atoms with Crippen LogP contribution in [0.5, 0.6) is 0 Å². The van der Waals surface area contributed by atoms with Gasteiger partial charge in [0.05, 0.1) is 23.2 Å². The van der Waals surface area contributed by atoms with Crippen molar-refractivity contribution in [2.24, 2.45) is 0 Å². The number of aryl methyl sites for hydroxylation is 2. The SMILES string of the molecule is Cc1ccc(-c2cc(C(=O)N3CCN(c4cccc(C)c4C)CC3)nn2[C@H]2CCS(=O)(=O)C2)cc1. The molecule has 8 heteroatoms. The molecule has 2 aliphatic rings. The molecule has 0 spiro atoms. The smallest absolute Gasteiger partial charge is 0.274 e. The molecule has 0 saturated carbocycles. The summed E-state index contributed by atoms with van der Waals surface area (Å²) in [6.07, 6.45) is 0.519. The minimum absolute atomic E-state index is 0.0652. The van der Waals surface area contributed by atoms with Crippen LogP contribution in [0.3, 0.4) is 0 Å². The predicted octanol–water partition coefficient (Wildman–Crippen LogP) is 3.80. The standard InChI is InChI=1S/C27H32N4O3S/c1-19-7-9-22(10-8-19)26-17-24(28-31(26)23-11-16-35(33,34)18-23)27(32)30-14-12-29(13-15-30)25-6-4-5-20(2)21(25)3/h4-10,17,23H,11-16,18H2,1-3H3/t23-/m0/s1. The molecule has 2 fully saturated rings. The normalized spacial score (nSPS) is 19.8. The van der Waals surface area contributed by atoms with E-state index in [0.29, 0.717) is 25.2 Å². The highest BCUT2D eigenvalue weighted by Gasteiger charge is 2.33. The third-order valence-electron chi connectivity index (χ3n) is 7.34. The van der Waals surface area contributed by atoms with Crippen molar-refractivity contribution in [3.05, 3.63) is 70.9 Å². The topological polar surface area (TPSA) is 75.5 Å². The van der Waals surface area contributed by atoms with Crippen LogP contribution < -0.4 is 4.90 Å². The molecule has 184 valence electrons. The molecule has 0 bridgehead atoms. The van der Waals surface area contributed by atoms with Crippen molar-refractivity contribution in [2.75, 3.05) is 42.6 Å². The lowest BCUT2D eigenvalue weighted by Gasteiger charge is -2.36. The Labute approximate surface area is 207 Å².